The molecule has 0 aliphatic rings. The summed E-state index contributed by atoms with van der Waals surface area (Å²) in [4.78, 5) is 1.06. The molecule has 1 rings (SSSR count). The van der Waals surface area contributed by atoms with Gasteiger partial charge in [-0.3, -0.25) is 0 Å². The monoisotopic (exact) mass is 332 g/mol. The molecule has 0 saturated carbocycles. The summed E-state index contributed by atoms with van der Waals surface area (Å²) in [5.41, 5.74) is 0. The number of hydrogen-bond acceptors (Lipinski definition) is 4. The molecule has 0 unspecified atom stereocenters. The molecule has 0 amide bonds. The molecule has 0 fully saturated rings. The molecule has 6 heteroatoms. The van der Waals surface area contributed by atoms with Crippen molar-refractivity contribution in [1.82, 2.24) is 9.62 Å². The number of rotatable bonds is 10. The molecular weight excluding hydrogens is 304 g/mol. The highest BCUT2D eigenvalue weighted by Crippen LogP contribution is 2.26. The van der Waals surface area contributed by atoms with Crippen LogP contribution in [-0.4, -0.2) is 32.4 Å². The maximum atomic E-state index is 12.7. The first-order valence-electron chi connectivity index (χ1n) is 7.79. The van der Waals surface area contributed by atoms with E-state index in [1.807, 2.05) is 19.9 Å². The van der Waals surface area contributed by atoms with Crippen LogP contribution in [-0.2, 0) is 16.6 Å². The van der Waals surface area contributed by atoms with Crippen LogP contribution in [0.3, 0.4) is 0 Å². The van der Waals surface area contributed by atoms with Crippen molar-refractivity contribution in [3.05, 3.63) is 17.0 Å². The summed E-state index contributed by atoms with van der Waals surface area (Å²) >= 11 is 1.37. The van der Waals surface area contributed by atoms with Crippen LogP contribution < -0.4 is 5.32 Å². The lowest BCUT2D eigenvalue weighted by atomic mass is 10.0. The van der Waals surface area contributed by atoms with E-state index < -0.39 is 10.0 Å². The van der Waals surface area contributed by atoms with Crippen molar-refractivity contribution in [2.75, 3.05) is 19.6 Å². The molecule has 1 aromatic heterocycles. The zero-order valence-corrected chi connectivity index (χ0v) is 15.2. The van der Waals surface area contributed by atoms with Gasteiger partial charge < -0.3 is 5.32 Å². The van der Waals surface area contributed by atoms with Gasteiger partial charge in [-0.05, 0) is 24.6 Å². The average Bonchev–Trinajstić information content (AvgIpc) is 2.95. The molecule has 0 radical (unpaired) electrons. The Hall–Kier alpha value is -0.430. The number of sulfonamides is 1. The van der Waals surface area contributed by atoms with E-state index in [9.17, 15) is 8.42 Å². The van der Waals surface area contributed by atoms with Crippen LogP contribution in [0.5, 0.6) is 0 Å². The van der Waals surface area contributed by atoms with E-state index in [1.54, 1.807) is 10.4 Å². The Morgan fingerprint density at radius 1 is 1.19 bits per heavy atom. The van der Waals surface area contributed by atoms with Gasteiger partial charge in [-0.25, -0.2) is 8.42 Å². The third-order valence-electron chi connectivity index (χ3n) is 3.75. The van der Waals surface area contributed by atoms with E-state index in [0.29, 0.717) is 23.2 Å². The topological polar surface area (TPSA) is 49.4 Å². The van der Waals surface area contributed by atoms with E-state index in [2.05, 4.69) is 19.2 Å². The summed E-state index contributed by atoms with van der Waals surface area (Å²) in [6.07, 6.45) is 2.03. The van der Waals surface area contributed by atoms with Crippen LogP contribution in [0.25, 0.3) is 0 Å². The second kappa shape index (κ2) is 8.88. The van der Waals surface area contributed by atoms with Crippen LogP contribution in [0.4, 0.5) is 0 Å². The van der Waals surface area contributed by atoms with Gasteiger partial charge in [0.25, 0.3) is 10.0 Å². The lowest BCUT2D eigenvalue weighted by molar-refractivity contribution is 0.340. The molecule has 1 N–H and O–H groups in total. The van der Waals surface area contributed by atoms with Gasteiger partial charge in [-0.15, -0.1) is 11.3 Å². The standard InChI is InChI=1S/C15H28N2O2S2/c1-5-13(6-2)12-17(8-4)21(18,19)15-10-9-14(20-15)11-16-7-3/h9-10,13,16H,5-8,11-12H2,1-4H3. The number of thiophene rings is 1. The van der Waals surface area contributed by atoms with Crippen molar-refractivity contribution in [2.45, 2.75) is 51.3 Å². The van der Waals surface area contributed by atoms with E-state index in [1.165, 1.54) is 11.3 Å². The summed E-state index contributed by atoms with van der Waals surface area (Å²) in [5.74, 6) is 0.431. The number of nitrogens with one attached hydrogen (secondary N) is 1. The minimum absolute atomic E-state index is 0.431. The Bertz CT molecular complexity index is 507. The lowest BCUT2D eigenvalue weighted by Crippen LogP contribution is -2.34. The maximum Gasteiger partial charge on any atom is 0.252 e. The smallest absolute Gasteiger partial charge is 0.252 e. The largest absolute Gasteiger partial charge is 0.312 e. The minimum atomic E-state index is -3.35. The normalized spacial score (nSPS) is 12.5. The van der Waals surface area contributed by atoms with E-state index in [-0.39, 0.29) is 0 Å². The molecule has 0 bridgehead atoms. The molecule has 122 valence electrons. The van der Waals surface area contributed by atoms with Crippen molar-refractivity contribution in [1.29, 1.82) is 0 Å². The summed E-state index contributed by atoms with van der Waals surface area (Å²) < 4.78 is 27.5. The highest BCUT2D eigenvalue weighted by molar-refractivity contribution is 7.91. The van der Waals surface area contributed by atoms with E-state index in [0.717, 1.165) is 30.8 Å². The Morgan fingerprint density at radius 2 is 1.86 bits per heavy atom. The fourth-order valence-electron chi connectivity index (χ4n) is 2.20. The fourth-order valence-corrected chi connectivity index (χ4v) is 5.20. The second-order valence-electron chi connectivity index (χ2n) is 5.14. The van der Waals surface area contributed by atoms with Gasteiger partial charge in [-0.1, -0.05) is 40.5 Å². The van der Waals surface area contributed by atoms with Crippen LogP contribution >= 0.6 is 11.3 Å². The van der Waals surface area contributed by atoms with E-state index >= 15 is 0 Å². The van der Waals surface area contributed by atoms with Crippen LogP contribution in [0.15, 0.2) is 16.3 Å². The predicted octanol–water partition coefficient (Wildman–Crippen LogP) is 3.30. The van der Waals surface area contributed by atoms with Gasteiger partial charge >= 0.3 is 0 Å². The Morgan fingerprint density at radius 3 is 2.38 bits per heavy atom. The average molecular weight is 333 g/mol. The van der Waals surface area contributed by atoms with Crippen LogP contribution in [0.1, 0.15) is 45.4 Å². The first kappa shape index (κ1) is 18.6. The molecule has 1 aromatic rings. The lowest BCUT2D eigenvalue weighted by Gasteiger charge is -2.24. The highest BCUT2D eigenvalue weighted by atomic mass is 32.2. The van der Waals surface area contributed by atoms with E-state index in [4.69, 9.17) is 0 Å². The van der Waals surface area contributed by atoms with Gasteiger partial charge in [0.2, 0.25) is 0 Å². The molecular formula is C15H28N2O2S2. The zero-order valence-electron chi connectivity index (χ0n) is 13.6. The Balaban J connectivity index is 2.88. The minimum Gasteiger partial charge on any atom is -0.312 e. The number of hydrogen-bond donors (Lipinski definition) is 1. The highest BCUT2D eigenvalue weighted by Gasteiger charge is 2.26. The van der Waals surface area contributed by atoms with Gasteiger partial charge in [0.05, 0.1) is 0 Å². The molecule has 1 heterocycles. The molecule has 0 aliphatic heterocycles. The Kier molecular flexibility index (Phi) is 7.87. The van der Waals surface area contributed by atoms with Crippen molar-refractivity contribution < 1.29 is 8.42 Å². The first-order chi connectivity index (χ1) is 9.99. The van der Waals surface area contributed by atoms with Gasteiger partial charge in [-0.2, -0.15) is 4.31 Å². The summed E-state index contributed by atoms with van der Waals surface area (Å²) in [6.45, 7) is 11.0. The quantitative estimate of drug-likeness (QED) is 0.715. The third-order valence-corrected chi connectivity index (χ3v) is 7.24. The van der Waals surface area contributed by atoms with Crippen LogP contribution in [0.2, 0.25) is 0 Å². The molecule has 21 heavy (non-hydrogen) atoms. The summed E-state index contributed by atoms with van der Waals surface area (Å²) in [6, 6.07) is 3.65. The molecule has 0 aromatic carbocycles. The van der Waals surface area contributed by atoms with Gasteiger partial charge in [0, 0.05) is 24.5 Å². The SMILES string of the molecule is CCNCc1ccc(S(=O)(=O)N(CC)CC(CC)CC)s1. The van der Waals surface area contributed by atoms with Crippen molar-refractivity contribution in [2.24, 2.45) is 5.92 Å². The van der Waals surface area contributed by atoms with Crippen molar-refractivity contribution >= 4 is 21.4 Å². The first-order valence-corrected chi connectivity index (χ1v) is 10.0. The summed E-state index contributed by atoms with van der Waals surface area (Å²) in [5, 5.41) is 3.23. The molecule has 0 atom stereocenters. The second-order valence-corrected chi connectivity index (χ2v) is 8.47. The predicted molar refractivity (Wildman–Crippen MR) is 90.2 cm³/mol. The zero-order chi connectivity index (χ0) is 15.9. The summed E-state index contributed by atoms with van der Waals surface area (Å²) in [7, 11) is -3.35. The fraction of sp³-hybridized carbons (Fsp3) is 0.733. The van der Waals surface area contributed by atoms with Crippen molar-refractivity contribution in [3.63, 3.8) is 0 Å². The molecule has 4 nitrogen and oxygen atoms in total. The third kappa shape index (κ3) is 5.06. The van der Waals surface area contributed by atoms with Crippen molar-refractivity contribution in [3.8, 4) is 0 Å². The van der Waals surface area contributed by atoms with Crippen LogP contribution in [0, 0.1) is 5.92 Å². The van der Waals surface area contributed by atoms with Gasteiger partial charge in [0.1, 0.15) is 4.21 Å². The number of nitrogens with zero attached hydrogens (tertiary/aromatic N) is 1. The molecule has 0 aliphatic carbocycles. The maximum absolute atomic E-state index is 12.7. The molecule has 0 spiro atoms. The Labute approximate surface area is 133 Å². The molecule has 0 saturated heterocycles. The van der Waals surface area contributed by atoms with Gasteiger partial charge in [0.15, 0.2) is 0 Å².